The fraction of sp³-hybridized carbons (Fsp3) is 0.0408. The monoisotopic (exact) mass is 663 g/mol. The van der Waals surface area contributed by atoms with Crippen LogP contribution in [0.25, 0.3) is 94.3 Å². The van der Waals surface area contributed by atoms with Crippen molar-refractivity contribution in [1.29, 1.82) is 0 Å². The van der Waals surface area contributed by atoms with Crippen molar-refractivity contribution in [3.05, 3.63) is 182 Å². The fourth-order valence-corrected chi connectivity index (χ4v) is 8.84. The van der Waals surface area contributed by atoms with Crippen LogP contribution in [0.15, 0.2) is 182 Å². The standard InChI is InChI=1S/C49H33N3/c1-4-15-32(16-5-1)34-19-14-22-37(29-34)51-42-26-27-43-48-46(49(33-17-6-2-7-18-33)52(43)36-20-8-3-9-21-36)39-24-11-10-23-38(39)40-30-35(41-25-12-13-28-50-41)31-44(51)45(40)47(42)48/h1-20,22-31,36H,21H2. The molecule has 11 rings (SSSR count). The van der Waals surface area contributed by atoms with Gasteiger partial charge in [-0.2, -0.15) is 0 Å². The molecule has 0 bridgehead atoms. The van der Waals surface area contributed by atoms with Crippen LogP contribution in [0.5, 0.6) is 0 Å². The number of fused-ring (bicyclic) bond motifs is 3. The number of aromatic nitrogens is 3. The molecule has 1 unspecified atom stereocenters. The Morgan fingerprint density at radius 1 is 0.500 bits per heavy atom. The summed E-state index contributed by atoms with van der Waals surface area (Å²) >= 11 is 0. The van der Waals surface area contributed by atoms with E-state index in [1.807, 2.05) is 12.3 Å². The van der Waals surface area contributed by atoms with Gasteiger partial charge >= 0.3 is 0 Å². The first-order valence-electron chi connectivity index (χ1n) is 18.1. The Labute approximate surface area is 302 Å². The van der Waals surface area contributed by atoms with Crippen LogP contribution < -0.4 is 0 Å². The van der Waals surface area contributed by atoms with Crippen LogP contribution in [-0.2, 0) is 0 Å². The van der Waals surface area contributed by atoms with Crippen molar-refractivity contribution in [2.24, 2.45) is 0 Å². The highest BCUT2D eigenvalue weighted by molar-refractivity contribution is 6.32. The molecule has 0 spiro atoms. The predicted molar refractivity (Wildman–Crippen MR) is 217 cm³/mol. The lowest BCUT2D eigenvalue weighted by Gasteiger charge is -2.22. The topological polar surface area (TPSA) is 22.8 Å². The average molecular weight is 664 g/mol. The molecule has 0 amide bonds. The first kappa shape index (κ1) is 29.1. The largest absolute Gasteiger partial charge is 0.333 e. The molecular weight excluding hydrogens is 631 g/mol. The highest BCUT2D eigenvalue weighted by atomic mass is 15.0. The maximum atomic E-state index is 4.85. The van der Waals surface area contributed by atoms with Gasteiger partial charge in [-0.15, -0.1) is 0 Å². The molecule has 0 saturated carbocycles. The predicted octanol–water partition coefficient (Wildman–Crippen LogP) is 12.8. The summed E-state index contributed by atoms with van der Waals surface area (Å²) < 4.78 is 5.11. The maximum Gasteiger partial charge on any atom is 0.0702 e. The molecule has 9 aromatic rings. The number of allylic oxidation sites excluding steroid dienone is 4. The van der Waals surface area contributed by atoms with Gasteiger partial charge in [0.25, 0.3) is 0 Å². The van der Waals surface area contributed by atoms with Gasteiger partial charge in [0.1, 0.15) is 0 Å². The zero-order valence-electron chi connectivity index (χ0n) is 28.4. The molecule has 3 heterocycles. The highest BCUT2D eigenvalue weighted by Gasteiger charge is 2.32. The lowest BCUT2D eigenvalue weighted by atomic mass is 9.91. The average Bonchev–Trinajstić information content (AvgIpc) is 3.71. The summed E-state index contributed by atoms with van der Waals surface area (Å²) in [5, 5.41) is 3.91. The number of hydrogen-bond donors (Lipinski definition) is 0. The number of pyridine rings is 1. The van der Waals surface area contributed by atoms with Crippen LogP contribution >= 0.6 is 0 Å². The van der Waals surface area contributed by atoms with E-state index in [0.29, 0.717) is 0 Å². The minimum atomic E-state index is 0.201. The van der Waals surface area contributed by atoms with Crippen molar-refractivity contribution in [1.82, 2.24) is 14.1 Å². The molecule has 0 radical (unpaired) electrons. The van der Waals surface area contributed by atoms with Crippen molar-refractivity contribution in [3.63, 3.8) is 0 Å². The molecule has 3 heteroatoms. The molecule has 244 valence electrons. The van der Waals surface area contributed by atoms with Crippen molar-refractivity contribution in [2.45, 2.75) is 12.5 Å². The third-order valence-electron chi connectivity index (χ3n) is 11.0. The number of rotatable bonds is 5. The minimum absolute atomic E-state index is 0.201. The smallest absolute Gasteiger partial charge is 0.0702 e. The third-order valence-corrected chi connectivity index (χ3v) is 11.0. The van der Waals surface area contributed by atoms with Crippen LogP contribution in [0, 0.1) is 0 Å². The third kappa shape index (κ3) is 4.23. The van der Waals surface area contributed by atoms with E-state index >= 15 is 0 Å². The first-order valence-corrected chi connectivity index (χ1v) is 18.1. The van der Waals surface area contributed by atoms with Crippen LogP contribution in [0.4, 0.5) is 0 Å². The number of hydrogen-bond acceptors (Lipinski definition) is 1. The second-order valence-corrected chi connectivity index (χ2v) is 13.9. The molecule has 3 nitrogen and oxygen atoms in total. The molecule has 52 heavy (non-hydrogen) atoms. The van der Waals surface area contributed by atoms with Crippen molar-refractivity contribution < 1.29 is 0 Å². The summed E-state index contributed by atoms with van der Waals surface area (Å²) in [6.07, 6.45) is 11.9. The normalized spacial score (nSPS) is 14.5. The lowest BCUT2D eigenvalue weighted by Crippen LogP contribution is -2.09. The van der Waals surface area contributed by atoms with E-state index in [-0.39, 0.29) is 6.04 Å². The van der Waals surface area contributed by atoms with Crippen LogP contribution in [0.3, 0.4) is 0 Å². The van der Waals surface area contributed by atoms with E-state index in [4.69, 9.17) is 4.98 Å². The summed E-state index contributed by atoms with van der Waals surface area (Å²) in [6.45, 7) is 0. The molecule has 0 saturated heterocycles. The number of nitrogens with zero attached hydrogens (tertiary/aromatic N) is 3. The van der Waals surface area contributed by atoms with Gasteiger partial charge in [-0.1, -0.05) is 127 Å². The first-order chi connectivity index (χ1) is 25.8. The molecular formula is C49H33N3. The van der Waals surface area contributed by atoms with E-state index in [9.17, 15) is 0 Å². The van der Waals surface area contributed by atoms with Crippen LogP contribution in [0.1, 0.15) is 12.5 Å². The Bertz CT molecular complexity index is 2910. The second kappa shape index (κ2) is 11.4. The zero-order valence-corrected chi connectivity index (χ0v) is 28.4. The summed E-state index contributed by atoms with van der Waals surface area (Å²) in [5.74, 6) is 0. The Kier molecular flexibility index (Phi) is 6.38. The van der Waals surface area contributed by atoms with Gasteiger partial charge in [-0.3, -0.25) is 4.98 Å². The van der Waals surface area contributed by atoms with Gasteiger partial charge in [0, 0.05) is 39.2 Å². The van der Waals surface area contributed by atoms with Gasteiger partial charge in [0.2, 0.25) is 0 Å². The Hall–Kier alpha value is -6.71. The summed E-state index contributed by atoms with van der Waals surface area (Å²) in [7, 11) is 0. The molecule has 2 aliphatic rings. The fourth-order valence-electron chi connectivity index (χ4n) is 8.84. The van der Waals surface area contributed by atoms with Gasteiger partial charge in [-0.05, 0) is 88.3 Å². The van der Waals surface area contributed by atoms with Crippen molar-refractivity contribution in [3.8, 4) is 61.6 Å². The van der Waals surface area contributed by atoms with E-state index in [1.165, 1.54) is 77.3 Å². The van der Waals surface area contributed by atoms with Gasteiger partial charge < -0.3 is 9.13 Å². The summed E-state index contributed by atoms with van der Waals surface area (Å²) in [4.78, 5) is 4.85. The Balaban J connectivity index is 1.35. The molecule has 0 fully saturated rings. The zero-order chi connectivity index (χ0) is 34.2. The SMILES string of the molecule is C1=CCC(n2c(-c3ccccc3)c3c4c5c6c(cc(-c7ccccn7)cc6n(-c6cccc(-c7ccccc7)c6)c5ccc42)-c2ccccc2-3)C=C1. The highest BCUT2D eigenvalue weighted by Crippen LogP contribution is 2.55. The molecule has 6 aromatic carbocycles. The van der Waals surface area contributed by atoms with E-state index in [0.717, 1.165) is 23.4 Å². The Morgan fingerprint density at radius 2 is 1.25 bits per heavy atom. The maximum absolute atomic E-state index is 4.85. The van der Waals surface area contributed by atoms with Gasteiger partial charge in [-0.25, -0.2) is 0 Å². The Morgan fingerprint density at radius 3 is 2.04 bits per heavy atom. The lowest BCUT2D eigenvalue weighted by molar-refractivity contribution is 0.635. The quantitative estimate of drug-likeness (QED) is 0.180. The summed E-state index contributed by atoms with van der Waals surface area (Å²) in [5.41, 5.74) is 16.8. The minimum Gasteiger partial charge on any atom is -0.333 e. The van der Waals surface area contributed by atoms with Crippen LogP contribution in [-0.4, -0.2) is 14.1 Å². The molecule has 3 aromatic heterocycles. The van der Waals surface area contributed by atoms with E-state index in [1.54, 1.807) is 0 Å². The van der Waals surface area contributed by atoms with Crippen molar-refractivity contribution >= 4 is 32.7 Å². The van der Waals surface area contributed by atoms with E-state index in [2.05, 4.69) is 179 Å². The molecule has 0 N–H and O–H groups in total. The molecule has 1 atom stereocenters. The number of benzene rings is 6. The van der Waals surface area contributed by atoms with Crippen LogP contribution in [0.2, 0.25) is 0 Å². The van der Waals surface area contributed by atoms with Gasteiger partial charge in [0.05, 0.1) is 34.0 Å². The van der Waals surface area contributed by atoms with Crippen molar-refractivity contribution in [2.75, 3.05) is 0 Å². The molecule has 2 aliphatic carbocycles. The van der Waals surface area contributed by atoms with E-state index < -0.39 is 0 Å². The second-order valence-electron chi connectivity index (χ2n) is 13.9. The molecule has 0 aliphatic heterocycles. The van der Waals surface area contributed by atoms with Gasteiger partial charge in [0.15, 0.2) is 0 Å². The summed E-state index contributed by atoms with van der Waals surface area (Å²) in [6, 6.07) is 55.6.